The predicted octanol–water partition coefficient (Wildman–Crippen LogP) is 5.25. The van der Waals surface area contributed by atoms with E-state index in [1.165, 1.54) is 0 Å². The summed E-state index contributed by atoms with van der Waals surface area (Å²) < 4.78 is 0. The van der Waals surface area contributed by atoms with Crippen LogP contribution in [-0.4, -0.2) is 16.9 Å². The van der Waals surface area contributed by atoms with Crippen LogP contribution in [0.5, 0.6) is 0 Å². The summed E-state index contributed by atoms with van der Waals surface area (Å²) in [4.78, 5) is 16.0. The minimum absolute atomic E-state index is 0.00891. The summed E-state index contributed by atoms with van der Waals surface area (Å²) in [5, 5.41) is 2.87. The summed E-state index contributed by atoms with van der Waals surface area (Å²) in [6, 6.07) is 0.0102. The molecule has 1 aromatic heterocycles. The second-order valence-corrected chi connectivity index (χ2v) is 6.53. The number of nitrogens with zero attached hydrogens (tertiary/aromatic N) is 1. The Bertz CT molecular complexity index is 506. The highest BCUT2D eigenvalue weighted by Crippen LogP contribution is 2.36. The first-order valence-corrected chi connectivity index (χ1v) is 7.76. The van der Waals surface area contributed by atoms with Gasteiger partial charge >= 0.3 is 0 Å². The number of amides is 1. The zero-order chi connectivity index (χ0) is 15.4. The van der Waals surface area contributed by atoms with E-state index in [0.717, 1.165) is 12.8 Å². The van der Waals surface area contributed by atoms with Crippen molar-refractivity contribution < 1.29 is 4.79 Å². The molecule has 0 saturated heterocycles. The van der Waals surface area contributed by atoms with Crippen molar-refractivity contribution >= 4 is 52.3 Å². The number of aromatic nitrogens is 1. The third kappa shape index (κ3) is 4.66. The van der Waals surface area contributed by atoms with Gasteiger partial charge in [0.05, 0.1) is 15.1 Å². The number of carbonyl (C=O) groups excluding carboxylic acids is 1. The van der Waals surface area contributed by atoms with E-state index >= 15 is 0 Å². The summed E-state index contributed by atoms with van der Waals surface area (Å²) in [5.41, 5.74) is -0.0116. The number of rotatable bonds is 5. The number of pyridine rings is 1. The molecule has 20 heavy (non-hydrogen) atoms. The van der Waals surface area contributed by atoms with Crippen molar-refractivity contribution in [2.45, 2.75) is 39.7 Å². The minimum Gasteiger partial charge on any atom is -0.348 e. The van der Waals surface area contributed by atoms with E-state index in [-0.39, 0.29) is 32.0 Å². The van der Waals surface area contributed by atoms with Gasteiger partial charge in [-0.3, -0.25) is 4.79 Å². The normalized spacial score (nSPS) is 12.6. The summed E-state index contributed by atoms with van der Waals surface area (Å²) >= 11 is 23.5. The molecule has 7 heteroatoms. The third-order valence-corrected chi connectivity index (χ3v) is 4.43. The van der Waals surface area contributed by atoms with Crippen LogP contribution in [0.3, 0.4) is 0 Å². The van der Waals surface area contributed by atoms with Crippen LogP contribution in [0.2, 0.25) is 20.2 Å². The molecule has 1 atom stereocenters. The molecule has 1 rings (SSSR count). The molecular weight excluding hydrogens is 342 g/mol. The van der Waals surface area contributed by atoms with E-state index in [1.54, 1.807) is 0 Å². The van der Waals surface area contributed by atoms with E-state index in [9.17, 15) is 4.79 Å². The van der Waals surface area contributed by atoms with Crippen LogP contribution in [0.15, 0.2) is 0 Å². The van der Waals surface area contributed by atoms with E-state index in [1.807, 2.05) is 6.92 Å². The smallest absolute Gasteiger partial charge is 0.271 e. The average molecular weight is 358 g/mol. The maximum Gasteiger partial charge on any atom is 0.271 e. The van der Waals surface area contributed by atoms with Gasteiger partial charge in [0, 0.05) is 6.04 Å². The number of hydrogen-bond donors (Lipinski definition) is 1. The molecule has 0 spiro atoms. The second-order valence-electron chi connectivity index (χ2n) is 5.04. The molecule has 3 nitrogen and oxygen atoms in total. The fourth-order valence-corrected chi connectivity index (χ4v) is 2.40. The van der Waals surface area contributed by atoms with Crippen LogP contribution < -0.4 is 5.32 Å². The van der Waals surface area contributed by atoms with Crippen molar-refractivity contribution in [3.63, 3.8) is 0 Å². The topological polar surface area (TPSA) is 42.0 Å². The molecule has 0 aromatic carbocycles. The predicted molar refractivity (Wildman–Crippen MR) is 85.3 cm³/mol. The van der Waals surface area contributed by atoms with Crippen molar-refractivity contribution in [2.75, 3.05) is 0 Å². The lowest BCUT2D eigenvalue weighted by atomic mass is 10.0. The van der Waals surface area contributed by atoms with Crippen molar-refractivity contribution in [1.29, 1.82) is 0 Å². The van der Waals surface area contributed by atoms with Gasteiger partial charge in [-0.05, 0) is 25.7 Å². The molecule has 0 aliphatic heterocycles. The molecule has 0 radical (unpaired) electrons. The minimum atomic E-state index is -0.410. The fourth-order valence-electron chi connectivity index (χ4n) is 1.59. The highest BCUT2D eigenvalue weighted by Gasteiger charge is 2.21. The summed E-state index contributed by atoms with van der Waals surface area (Å²) in [6.07, 6.45) is 1.89. The van der Waals surface area contributed by atoms with Crippen molar-refractivity contribution in [2.24, 2.45) is 5.92 Å². The second kappa shape index (κ2) is 7.69. The average Bonchev–Trinajstić information content (AvgIpc) is 2.38. The van der Waals surface area contributed by atoms with Crippen molar-refractivity contribution in [1.82, 2.24) is 10.3 Å². The van der Waals surface area contributed by atoms with Gasteiger partial charge in [-0.15, -0.1) is 0 Å². The number of nitrogens with one attached hydrogen (secondary N) is 1. The van der Waals surface area contributed by atoms with Crippen molar-refractivity contribution in [3.05, 3.63) is 25.9 Å². The Morgan fingerprint density at radius 2 is 1.65 bits per heavy atom. The highest BCUT2D eigenvalue weighted by molar-refractivity contribution is 6.52. The Morgan fingerprint density at radius 1 is 1.05 bits per heavy atom. The van der Waals surface area contributed by atoms with Crippen LogP contribution in [0.1, 0.15) is 44.1 Å². The zero-order valence-electron chi connectivity index (χ0n) is 11.4. The first-order chi connectivity index (χ1) is 9.23. The fraction of sp³-hybridized carbons (Fsp3) is 0.538. The van der Waals surface area contributed by atoms with Gasteiger partial charge in [-0.1, -0.05) is 60.3 Å². The molecule has 0 fully saturated rings. The Kier molecular flexibility index (Phi) is 6.86. The standard InChI is InChI=1S/C13H16Cl4N2O/c1-6(2)4-5-7(3)18-13(20)11-9(15)8(14)10(16)12(17)19-11/h6-7H,4-5H2,1-3H3,(H,18,20). The Labute approximate surface area is 138 Å². The molecule has 1 heterocycles. The lowest BCUT2D eigenvalue weighted by Gasteiger charge is -2.15. The van der Waals surface area contributed by atoms with Crippen molar-refractivity contribution in [3.8, 4) is 0 Å². The Balaban J connectivity index is 2.83. The van der Waals surface area contributed by atoms with Crippen LogP contribution in [0.4, 0.5) is 0 Å². The monoisotopic (exact) mass is 356 g/mol. The molecule has 0 saturated carbocycles. The van der Waals surface area contributed by atoms with Gasteiger partial charge in [0.15, 0.2) is 0 Å². The first-order valence-electron chi connectivity index (χ1n) is 6.24. The molecule has 1 N–H and O–H groups in total. The molecule has 0 aliphatic carbocycles. The maximum atomic E-state index is 12.1. The quantitative estimate of drug-likeness (QED) is 0.731. The van der Waals surface area contributed by atoms with E-state index in [4.69, 9.17) is 46.4 Å². The van der Waals surface area contributed by atoms with Crippen LogP contribution >= 0.6 is 46.4 Å². The van der Waals surface area contributed by atoms with E-state index in [2.05, 4.69) is 24.1 Å². The molecule has 1 amide bonds. The highest BCUT2D eigenvalue weighted by atomic mass is 35.5. The SMILES string of the molecule is CC(C)CCC(C)NC(=O)c1nc(Cl)c(Cl)c(Cl)c1Cl. The number of carbonyl (C=O) groups is 1. The Hall–Kier alpha value is -0.220. The van der Waals surface area contributed by atoms with Gasteiger partial charge in [-0.2, -0.15) is 0 Å². The number of hydrogen-bond acceptors (Lipinski definition) is 2. The van der Waals surface area contributed by atoms with Gasteiger partial charge in [0.2, 0.25) is 0 Å². The van der Waals surface area contributed by atoms with Gasteiger partial charge in [0.1, 0.15) is 10.8 Å². The molecule has 1 aromatic rings. The molecule has 0 bridgehead atoms. The Morgan fingerprint density at radius 3 is 2.20 bits per heavy atom. The van der Waals surface area contributed by atoms with E-state index < -0.39 is 5.91 Å². The first kappa shape index (κ1) is 17.8. The van der Waals surface area contributed by atoms with Gasteiger partial charge in [-0.25, -0.2) is 4.98 Å². The zero-order valence-corrected chi connectivity index (χ0v) is 14.5. The van der Waals surface area contributed by atoms with Crippen LogP contribution in [-0.2, 0) is 0 Å². The number of halogens is 4. The molecule has 0 aliphatic rings. The maximum absolute atomic E-state index is 12.1. The summed E-state index contributed by atoms with van der Waals surface area (Å²) in [6.45, 7) is 6.19. The lowest BCUT2D eigenvalue weighted by Crippen LogP contribution is -2.33. The summed E-state index contributed by atoms with van der Waals surface area (Å²) in [7, 11) is 0. The lowest BCUT2D eigenvalue weighted by molar-refractivity contribution is 0.0932. The van der Waals surface area contributed by atoms with Crippen LogP contribution in [0.25, 0.3) is 0 Å². The van der Waals surface area contributed by atoms with E-state index in [0.29, 0.717) is 5.92 Å². The molecule has 1 unspecified atom stereocenters. The largest absolute Gasteiger partial charge is 0.348 e. The molecular formula is C13H16Cl4N2O. The summed E-state index contributed by atoms with van der Waals surface area (Å²) in [5.74, 6) is 0.169. The molecule has 112 valence electrons. The van der Waals surface area contributed by atoms with Crippen LogP contribution in [0, 0.1) is 5.92 Å². The van der Waals surface area contributed by atoms with Gasteiger partial charge < -0.3 is 5.32 Å². The third-order valence-electron chi connectivity index (χ3n) is 2.75. The van der Waals surface area contributed by atoms with Gasteiger partial charge in [0.25, 0.3) is 5.91 Å².